The predicted octanol–water partition coefficient (Wildman–Crippen LogP) is 1.29. The van der Waals surface area contributed by atoms with Gasteiger partial charge >= 0.3 is 6.16 Å². The highest BCUT2D eigenvalue weighted by Crippen LogP contribution is 2.26. The highest BCUT2D eigenvalue weighted by atomic mass is 16.7. The molecule has 13 heavy (non-hydrogen) atoms. The first-order valence-electron chi connectivity index (χ1n) is 4.72. The fourth-order valence-corrected chi connectivity index (χ4v) is 1.77. The lowest BCUT2D eigenvalue weighted by Gasteiger charge is -2.29. The maximum Gasteiger partial charge on any atom is 0.508 e. The van der Waals surface area contributed by atoms with E-state index in [1.807, 2.05) is 0 Å². The maximum atomic E-state index is 10.9. The van der Waals surface area contributed by atoms with Crippen LogP contribution >= 0.6 is 0 Å². The van der Waals surface area contributed by atoms with Crippen LogP contribution in [-0.2, 0) is 9.47 Å². The van der Waals surface area contributed by atoms with Crippen molar-refractivity contribution >= 4 is 6.16 Å². The minimum atomic E-state index is -0.592. The van der Waals surface area contributed by atoms with Gasteiger partial charge in [-0.3, -0.25) is 0 Å². The second-order valence-corrected chi connectivity index (χ2v) is 3.39. The summed E-state index contributed by atoms with van der Waals surface area (Å²) in [6.45, 7) is 0.585. The molecule has 4 heteroatoms. The summed E-state index contributed by atoms with van der Waals surface area (Å²) in [5.74, 6) is 0.313. The van der Waals surface area contributed by atoms with Gasteiger partial charge in [0.15, 0.2) is 0 Å². The second kappa shape index (κ2) is 5.07. The van der Waals surface area contributed by atoms with E-state index in [4.69, 9.17) is 10.5 Å². The quantitative estimate of drug-likeness (QED) is 0.661. The van der Waals surface area contributed by atoms with Crippen molar-refractivity contribution in [1.82, 2.24) is 0 Å². The molecule has 2 atom stereocenters. The largest absolute Gasteiger partial charge is 0.508 e. The molecule has 0 aromatic carbocycles. The average Bonchev–Trinajstić information content (AvgIpc) is 2.18. The van der Waals surface area contributed by atoms with Crippen molar-refractivity contribution < 1.29 is 14.3 Å². The fourth-order valence-electron chi connectivity index (χ4n) is 1.77. The smallest absolute Gasteiger partial charge is 0.438 e. The summed E-state index contributed by atoms with van der Waals surface area (Å²) in [7, 11) is 1.32. The van der Waals surface area contributed by atoms with E-state index in [1.165, 1.54) is 13.5 Å². The molecule has 1 rings (SSSR count). The Hall–Kier alpha value is -0.770. The van der Waals surface area contributed by atoms with E-state index in [-0.39, 0.29) is 6.10 Å². The third-order valence-corrected chi connectivity index (χ3v) is 2.56. The van der Waals surface area contributed by atoms with Crippen molar-refractivity contribution in [2.45, 2.75) is 31.8 Å². The topological polar surface area (TPSA) is 61.5 Å². The standard InChI is InChI=1S/C9H17NO3/c1-12-9(11)13-8-5-3-2-4-7(8)6-10/h7-8H,2-6,10H2,1H3. The normalized spacial score (nSPS) is 28.2. The van der Waals surface area contributed by atoms with E-state index >= 15 is 0 Å². The number of ether oxygens (including phenoxy) is 2. The van der Waals surface area contributed by atoms with Crippen LogP contribution in [0, 0.1) is 5.92 Å². The van der Waals surface area contributed by atoms with Crippen LogP contribution in [0.15, 0.2) is 0 Å². The molecule has 0 aromatic heterocycles. The summed E-state index contributed by atoms with van der Waals surface area (Å²) in [5.41, 5.74) is 5.58. The molecule has 0 bridgehead atoms. The first-order valence-corrected chi connectivity index (χ1v) is 4.72. The van der Waals surface area contributed by atoms with Gasteiger partial charge in [0.2, 0.25) is 0 Å². The maximum absolute atomic E-state index is 10.9. The Balaban J connectivity index is 2.40. The Morgan fingerprint density at radius 3 is 2.77 bits per heavy atom. The molecule has 1 aliphatic rings. The summed E-state index contributed by atoms with van der Waals surface area (Å²) >= 11 is 0. The van der Waals surface area contributed by atoms with E-state index < -0.39 is 6.16 Å². The van der Waals surface area contributed by atoms with Gasteiger partial charge in [-0.1, -0.05) is 6.42 Å². The molecule has 0 saturated heterocycles. The van der Waals surface area contributed by atoms with Crippen LogP contribution in [0.4, 0.5) is 4.79 Å². The van der Waals surface area contributed by atoms with E-state index in [0.717, 1.165) is 19.3 Å². The van der Waals surface area contributed by atoms with Crippen molar-refractivity contribution in [2.24, 2.45) is 11.7 Å². The Morgan fingerprint density at radius 2 is 2.15 bits per heavy atom. The molecule has 1 aliphatic carbocycles. The number of carbonyl (C=O) groups is 1. The van der Waals surface area contributed by atoms with Crippen LogP contribution < -0.4 is 5.73 Å². The molecular weight excluding hydrogens is 170 g/mol. The van der Waals surface area contributed by atoms with Gasteiger partial charge in [-0.15, -0.1) is 0 Å². The zero-order chi connectivity index (χ0) is 9.68. The first kappa shape index (κ1) is 10.3. The SMILES string of the molecule is COC(=O)OC1CCCCC1CN. The van der Waals surface area contributed by atoms with Crippen molar-refractivity contribution in [1.29, 1.82) is 0 Å². The molecule has 1 saturated carbocycles. The Kier molecular flexibility index (Phi) is 4.02. The second-order valence-electron chi connectivity index (χ2n) is 3.39. The number of rotatable bonds is 2. The van der Waals surface area contributed by atoms with Crippen molar-refractivity contribution in [3.8, 4) is 0 Å². The molecular formula is C9H17NO3. The molecule has 0 amide bonds. The molecule has 0 aliphatic heterocycles. The van der Waals surface area contributed by atoms with Gasteiger partial charge in [-0.05, 0) is 25.8 Å². The van der Waals surface area contributed by atoms with Gasteiger partial charge in [-0.25, -0.2) is 4.79 Å². The van der Waals surface area contributed by atoms with Crippen LogP contribution in [0.1, 0.15) is 25.7 Å². The lowest BCUT2D eigenvalue weighted by molar-refractivity contribution is -0.00103. The number of carbonyl (C=O) groups excluding carboxylic acids is 1. The molecule has 0 radical (unpaired) electrons. The molecule has 0 aromatic rings. The molecule has 4 nitrogen and oxygen atoms in total. The summed E-state index contributed by atoms with van der Waals surface area (Å²) in [6, 6.07) is 0. The molecule has 76 valence electrons. The van der Waals surface area contributed by atoms with Gasteiger partial charge in [-0.2, -0.15) is 0 Å². The van der Waals surface area contributed by atoms with Gasteiger partial charge in [0, 0.05) is 5.92 Å². The Morgan fingerprint density at radius 1 is 1.46 bits per heavy atom. The molecule has 1 fully saturated rings. The van der Waals surface area contributed by atoms with Crippen LogP contribution in [0.3, 0.4) is 0 Å². The van der Waals surface area contributed by atoms with E-state index in [0.29, 0.717) is 12.5 Å². The van der Waals surface area contributed by atoms with E-state index in [9.17, 15) is 4.79 Å². The zero-order valence-electron chi connectivity index (χ0n) is 7.99. The third-order valence-electron chi connectivity index (χ3n) is 2.56. The minimum absolute atomic E-state index is 0.0359. The van der Waals surface area contributed by atoms with Crippen LogP contribution in [0.2, 0.25) is 0 Å². The van der Waals surface area contributed by atoms with E-state index in [1.54, 1.807) is 0 Å². The first-order chi connectivity index (χ1) is 6.27. The summed E-state index contributed by atoms with van der Waals surface area (Å²) < 4.78 is 9.55. The molecule has 2 N–H and O–H groups in total. The number of methoxy groups -OCH3 is 1. The lowest BCUT2D eigenvalue weighted by atomic mass is 9.86. The van der Waals surface area contributed by atoms with Gasteiger partial charge in [0.25, 0.3) is 0 Å². The Labute approximate surface area is 78.4 Å². The Bertz CT molecular complexity index is 172. The summed E-state index contributed by atoms with van der Waals surface area (Å²) in [6.07, 6.45) is 3.63. The van der Waals surface area contributed by atoms with Crippen LogP contribution in [0.25, 0.3) is 0 Å². The molecule has 0 heterocycles. The molecule has 0 spiro atoms. The van der Waals surface area contributed by atoms with Gasteiger partial charge < -0.3 is 15.2 Å². The lowest BCUT2D eigenvalue weighted by Crippen LogP contribution is -2.34. The summed E-state index contributed by atoms with van der Waals surface area (Å²) in [4.78, 5) is 10.9. The van der Waals surface area contributed by atoms with Crippen molar-refractivity contribution in [2.75, 3.05) is 13.7 Å². The minimum Gasteiger partial charge on any atom is -0.438 e. The predicted molar refractivity (Wildman–Crippen MR) is 48.3 cm³/mol. The monoisotopic (exact) mass is 187 g/mol. The van der Waals surface area contributed by atoms with Gasteiger partial charge in [0.1, 0.15) is 6.10 Å². The molecule has 2 unspecified atom stereocenters. The average molecular weight is 187 g/mol. The van der Waals surface area contributed by atoms with Gasteiger partial charge in [0.05, 0.1) is 7.11 Å². The summed E-state index contributed by atoms with van der Waals surface area (Å²) in [5, 5.41) is 0. The fraction of sp³-hybridized carbons (Fsp3) is 0.889. The van der Waals surface area contributed by atoms with Crippen LogP contribution in [-0.4, -0.2) is 25.9 Å². The zero-order valence-corrected chi connectivity index (χ0v) is 7.99. The van der Waals surface area contributed by atoms with E-state index in [2.05, 4.69) is 4.74 Å². The van der Waals surface area contributed by atoms with Crippen molar-refractivity contribution in [3.05, 3.63) is 0 Å². The highest BCUT2D eigenvalue weighted by Gasteiger charge is 2.27. The number of nitrogens with two attached hydrogens (primary N) is 1. The van der Waals surface area contributed by atoms with Crippen molar-refractivity contribution in [3.63, 3.8) is 0 Å². The highest BCUT2D eigenvalue weighted by molar-refractivity contribution is 5.59. The van der Waals surface area contributed by atoms with Crippen LogP contribution in [0.5, 0.6) is 0 Å². The third kappa shape index (κ3) is 2.88. The number of hydrogen-bond acceptors (Lipinski definition) is 4. The number of hydrogen-bond donors (Lipinski definition) is 1.